The van der Waals surface area contributed by atoms with Crippen LogP contribution in [0.2, 0.25) is 0 Å². The zero-order chi connectivity index (χ0) is 17.7. The lowest BCUT2D eigenvalue weighted by Gasteiger charge is -2.30. The molecule has 0 spiro atoms. The Morgan fingerprint density at radius 2 is 1.96 bits per heavy atom. The zero-order valence-corrected chi connectivity index (χ0v) is 14.3. The molecule has 0 saturated heterocycles. The molecule has 2 atom stereocenters. The Hall–Kier alpha value is -1.60. The maximum absolute atomic E-state index is 13.0. The van der Waals surface area contributed by atoms with Crippen molar-refractivity contribution < 1.29 is 18.0 Å². The minimum atomic E-state index is -4.59. The number of benzene rings is 1. The number of rotatable bonds is 7. The van der Waals surface area contributed by atoms with Crippen molar-refractivity contribution in [1.29, 1.82) is 0 Å². The van der Waals surface area contributed by atoms with Crippen molar-refractivity contribution in [2.24, 2.45) is 4.99 Å². The first kappa shape index (κ1) is 18.7. The van der Waals surface area contributed by atoms with E-state index in [4.69, 9.17) is 4.84 Å². The monoisotopic (exact) mass is 343 g/mol. The molecule has 7 heteroatoms. The lowest BCUT2D eigenvalue weighted by atomic mass is 10.1. The first-order valence-electron chi connectivity index (χ1n) is 8.17. The van der Waals surface area contributed by atoms with Crippen molar-refractivity contribution in [3.63, 3.8) is 0 Å². The molecule has 2 rings (SSSR count). The fourth-order valence-corrected chi connectivity index (χ4v) is 2.69. The van der Waals surface area contributed by atoms with E-state index < -0.39 is 18.2 Å². The summed E-state index contributed by atoms with van der Waals surface area (Å²) in [4.78, 5) is 11.0. The highest BCUT2D eigenvalue weighted by atomic mass is 19.4. The highest BCUT2D eigenvalue weighted by molar-refractivity contribution is 5.82. The molecule has 0 aliphatic carbocycles. The third kappa shape index (κ3) is 4.70. The molecule has 134 valence electrons. The summed E-state index contributed by atoms with van der Waals surface area (Å²) in [6, 6.07) is 8.68. The molecule has 0 aromatic heterocycles. The molecule has 0 fully saturated rings. The van der Waals surface area contributed by atoms with Crippen LogP contribution in [0.1, 0.15) is 38.4 Å². The van der Waals surface area contributed by atoms with Crippen molar-refractivity contribution in [1.82, 2.24) is 9.96 Å². The van der Waals surface area contributed by atoms with Gasteiger partial charge in [0.05, 0.1) is 6.04 Å². The van der Waals surface area contributed by atoms with E-state index in [0.717, 1.165) is 19.4 Å². The fourth-order valence-electron chi connectivity index (χ4n) is 2.69. The first-order chi connectivity index (χ1) is 11.3. The lowest BCUT2D eigenvalue weighted by molar-refractivity contribution is -0.155. The van der Waals surface area contributed by atoms with Gasteiger partial charge in [0.2, 0.25) is 0 Å². The molecule has 1 aliphatic heterocycles. The second-order valence-electron chi connectivity index (χ2n) is 6.13. The molecule has 0 bridgehead atoms. The Kier molecular flexibility index (Phi) is 6.23. The maximum Gasteiger partial charge on any atom is 0.470 e. The van der Waals surface area contributed by atoms with E-state index in [2.05, 4.69) is 16.8 Å². The molecule has 0 N–H and O–H groups in total. The predicted molar refractivity (Wildman–Crippen MR) is 87.5 cm³/mol. The van der Waals surface area contributed by atoms with E-state index in [1.807, 2.05) is 20.0 Å². The van der Waals surface area contributed by atoms with Gasteiger partial charge >= 0.3 is 12.1 Å². The topological polar surface area (TPSA) is 28.1 Å². The van der Waals surface area contributed by atoms with Gasteiger partial charge in [0, 0.05) is 6.54 Å². The van der Waals surface area contributed by atoms with Gasteiger partial charge in [0.1, 0.15) is 0 Å². The summed E-state index contributed by atoms with van der Waals surface area (Å²) in [6.45, 7) is 5.46. The Morgan fingerprint density at radius 3 is 2.54 bits per heavy atom. The van der Waals surface area contributed by atoms with Crippen LogP contribution in [-0.4, -0.2) is 48.2 Å². The van der Waals surface area contributed by atoms with Gasteiger partial charge in [0.15, 0.2) is 6.17 Å². The molecule has 24 heavy (non-hydrogen) atoms. The number of alkyl halides is 3. The van der Waals surface area contributed by atoms with Gasteiger partial charge in [-0.25, -0.2) is 4.99 Å². The van der Waals surface area contributed by atoms with Crippen molar-refractivity contribution >= 4 is 5.90 Å². The second kappa shape index (κ2) is 7.98. The van der Waals surface area contributed by atoms with E-state index in [1.54, 1.807) is 24.3 Å². The lowest BCUT2D eigenvalue weighted by Crippen LogP contribution is -2.42. The molecule has 0 amide bonds. The van der Waals surface area contributed by atoms with Crippen LogP contribution in [0.3, 0.4) is 0 Å². The Morgan fingerprint density at radius 1 is 1.29 bits per heavy atom. The van der Waals surface area contributed by atoms with E-state index in [-0.39, 0.29) is 6.04 Å². The summed E-state index contributed by atoms with van der Waals surface area (Å²) in [5.74, 6) is -1.18. The van der Waals surface area contributed by atoms with Gasteiger partial charge < -0.3 is 9.74 Å². The summed E-state index contributed by atoms with van der Waals surface area (Å²) in [6.07, 6.45) is -3.24. The highest BCUT2D eigenvalue weighted by Crippen LogP contribution is 2.34. The summed E-state index contributed by atoms with van der Waals surface area (Å²) in [5.41, 5.74) is 0.680. The third-order valence-electron chi connectivity index (χ3n) is 3.92. The third-order valence-corrected chi connectivity index (χ3v) is 3.92. The summed E-state index contributed by atoms with van der Waals surface area (Å²) in [7, 11) is 1.96. The molecule has 0 radical (unpaired) electrons. The van der Waals surface area contributed by atoms with Gasteiger partial charge in [-0.15, -0.1) is 5.06 Å². The standard InChI is InChI=1S/C17H24F3N3O/c1-4-5-11-22(3)12-13(2)23-15(14-9-7-6-8-10-14)21-16(24-23)17(18,19)20/h6-10,13,15H,4-5,11-12H2,1-3H3. The number of aliphatic imine (C=N–C) groups is 1. The van der Waals surface area contributed by atoms with Gasteiger partial charge in [0.25, 0.3) is 0 Å². The Labute approximate surface area is 140 Å². The minimum absolute atomic E-state index is 0.235. The average Bonchev–Trinajstić information content (AvgIpc) is 2.99. The summed E-state index contributed by atoms with van der Waals surface area (Å²) >= 11 is 0. The van der Waals surface area contributed by atoms with E-state index in [0.29, 0.717) is 12.1 Å². The van der Waals surface area contributed by atoms with Crippen LogP contribution in [0.5, 0.6) is 0 Å². The van der Waals surface area contributed by atoms with Gasteiger partial charge in [-0.1, -0.05) is 43.7 Å². The second-order valence-corrected chi connectivity index (χ2v) is 6.13. The van der Waals surface area contributed by atoms with Gasteiger partial charge in [-0.2, -0.15) is 13.2 Å². The fraction of sp³-hybridized carbons (Fsp3) is 0.588. The number of hydroxylamine groups is 2. The average molecular weight is 343 g/mol. The highest BCUT2D eigenvalue weighted by Gasteiger charge is 2.47. The number of halogens is 3. The van der Waals surface area contributed by atoms with Crippen molar-refractivity contribution in [2.45, 2.75) is 45.1 Å². The number of likely N-dealkylation sites (N-methyl/N-ethyl adjacent to an activating group) is 1. The maximum atomic E-state index is 13.0. The SMILES string of the molecule is CCCCN(C)CC(C)N1OC(C(F)(F)F)=NC1c1ccccc1. The molecule has 1 heterocycles. The molecule has 0 saturated carbocycles. The predicted octanol–water partition coefficient (Wildman–Crippen LogP) is 4.01. The smallest absolute Gasteiger partial charge is 0.378 e. The normalized spacial score (nSPS) is 20.1. The van der Waals surface area contributed by atoms with Crippen LogP contribution >= 0.6 is 0 Å². The Balaban J connectivity index is 2.15. The molecule has 1 aromatic rings. The van der Waals surface area contributed by atoms with E-state index in [9.17, 15) is 13.2 Å². The molecular weight excluding hydrogens is 319 g/mol. The number of unbranched alkanes of at least 4 members (excludes halogenated alkanes) is 1. The van der Waals surface area contributed by atoms with Crippen molar-refractivity contribution in [2.75, 3.05) is 20.1 Å². The number of hydrogen-bond acceptors (Lipinski definition) is 4. The van der Waals surface area contributed by atoms with Crippen LogP contribution in [0.4, 0.5) is 13.2 Å². The number of hydrogen-bond donors (Lipinski definition) is 0. The first-order valence-corrected chi connectivity index (χ1v) is 8.17. The van der Waals surface area contributed by atoms with Crippen LogP contribution in [-0.2, 0) is 4.84 Å². The Bertz CT molecular complexity index is 548. The van der Waals surface area contributed by atoms with Crippen LogP contribution in [0.25, 0.3) is 0 Å². The van der Waals surface area contributed by atoms with Gasteiger partial charge in [-0.05, 0) is 32.5 Å². The van der Waals surface area contributed by atoms with Crippen molar-refractivity contribution in [3.05, 3.63) is 35.9 Å². The molecular formula is C17H24F3N3O. The molecule has 4 nitrogen and oxygen atoms in total. The number of nitrogens with zero attached hydrogens (tertiary/aromatic N) is 3. The van der Waals surface area contributed by atoms with Gasteiger partial charge in [-0.3, -0.25) is 0 Å². The molecule has 1 aliphatic rings. The van der Waals surface area contributed by atoms with Crippen molar-refractivity contribution in [3.8, 4) is 0 Å². The van der Waals surface area contributed by atoms with Crippen LogP contribution in [0.15, 0.2) is 35.3 Å². The summed E-state index contributed by atoms with van der Waals surface area (Å²) < 4.78 is 39.1. The molecule has 2 unspecified atom stereocenters. The minimum Gasteiger partial charge on any atom is -0.378 e. The zero-order valence-electron chi connectivity index (χ0n) is 14.3. The largest absolute Gasteiger partial charge is 0.470 e. The quantitative estimate of drug-likeness (QED) is 0.749. The summed E-state index contributed by atoms with van der Waals surface area (Å²) in [5, 5.41) is 1.35. The van der Waals surface area contributed by atoms with Crippen LogP contribution < -0.4 is 0 Å². The van der Waals surface area contributed by atoms with E-state index in [1.165, 1.54) is 5.06 Å². The van der Waals surface area contributed by atoms with Crippen LogP contribution in [0, 0.1) is 0 Å². The molecule has 1 aromatic carbocycles. The van der Waals surface area contributed by atoms with E-state index >= 15 is 0 Å².